The van der Waals surface area contributed by atoms with E-state index >= 15 is 0 Å². The Morgan fingerprint density at radius 1 is 0.821 bits per heavy atom. The average Bonchev–Trinajstić information content (AvgIpc) is 3.17. The van der Waals surface area contributed by atoms with Crippen LogP contribution in [0.15, 0.2) is 84.9 Å². The summed E-state index contributed by atoms with van der Waals surface area (Å²) in [5.41, 5.74) is 3.91. The van der Waals surface area contributed by atoms with Crippen molar-refractivity contribution < 1.29 is 9.59 Å². The molecule has 0 saturated carbocycles. The maximum absolute atomic E-state index is 13.1. The molecule has 0 radical (unpaired) electrons. The third-order valence-electron chi connectivity index (χ3n) is 5.04. The van der Waals surface area contributed by atoms with Crippen molar-refractivity contribution in [3.63, 3.8) is 0 Å². The van der Waals surface area contributed by atoms with Gasteiger partial charge in [0.15, 0.2) is 0 Å². The van der Waals surface area contributed by atoms with Gasteiger partial charge in [0.1, 0.15) is 6.42 Å². The zero-order valence-electron chi connectivity index (χ0n) is 15.6. The molecule has 28 heavy (non-hydrogen) atoms. The van der Waals surface area contributed by atoms with Crippen molar-refractivity contribution in [2.45, 2.75) is 19.4 Å². The second-order valence-corrected chi connectivity index (χ2v) is 6.90. The Balaban J connectivity index is 1.53. The summed E-state index contributed by atoms with van der Waals surface area (Å²) in [5, 5.41) is 0. The van der Waals surface area contributed by atoms with Crippen molar-refractivity contribution in [1.82, 2.24) is 0 Å². The molecule has 0 N–H and O–H groups in total. The summed E-state index contributed by atoms with van der Waals surface area (Å²) in [6, 6.07) is 27.2. The number of benzene rings is 3. The molecule has 3 aromatic carbocycles. The Morgan fingerprint density at radius 2 is 1.46 bits per heavy atom. The minimum Gasteiger partial charge on any atom is -0.311 e. The molecule has 0 unspecified atom stereocenters. The van der Waals surface area contributed by atoms with Crippen molar-refractivity contribution >= 4 is 23.2 Å². The van der Waals surface area contributed by atoms with Gasteiger partial charge < -0.3 is 9.80 Å². The number of hydrogen-bond acceptors (Lipinski definition) is 2. The molecule has 1 heterocycles. The lowest BCUT2D eigenvalue weighted by Gasteiger charge is -2.24. The fourth-order valence-corrected chi connectivity index (χ4v) is 3.61. The number of carbonyl (C=O) groups excluding carboxylic acids is 2. The smallest absolute Gasteiger partial charge is 0.236 e. The first-order valence-electron chi connectivity index (χ1n) is 9.50. The number of hydrogen-bond donors (Lipinski definition) is 0. The van der Waals surface area contributed by atoms with Gasteiger partial charge in [-0.1, -0.05) is 66.7 Å². The number of fused-ring (bicyclic) bond motifs is 1. The molecule has 0 saturated heterocycles. The van der Waals surface area contributed by atoms with Crippen LogP contribution in [-0.4, -0.2) is 18.4 Å². The Hall–Kier alpha value is -3.40. The molecule has 1 aliphatic rings. The van der Waals surface area contributed by atoms with E-state index in [0.29, 0.717) is 13.1 Å². The van der Waals surface area contributed by atoms with Crippen LogP contribution < -0.4 is 9.80 Å². The highest BCUT2D eigenvalue weighted by Gasteiger charge is 2.27. The number of para-hydroxylation sites is 2. The van der Waals surface area contributed by atoms with Gasteiger partial charge in [-0.2, -0.15) is 0 Å². The van der Waals surface area contributed by atoms with E-state index in [1.54, 1.807) is 9.80 Å². The highest BCUT2D eigenvalue weighted by molar-refractivity contribution is 6.10. The normalized spacial score (nSPS) is 12.5. The molecular weight excluding hydrogens is 348 g/mol. The van der Waals surface area contributed by atoms with Crippen LogP contribution in [0.4, 0.5) is 11.4 Å². The summed E-state index contributed by atoms with van der Waals surface area (Å²) >= 11 is 0. The fourth-order valence-electron chi connectivity index (χ4n) is 3.61. The summed E-state index contributed by atoms with van der Waals surface area (Å²) in [4.78, 5) is 29.4. The summed E-state index contributed by atoms with van der Waals surface area (Å²) in [7, 11) is 0. The fraction of sp³-hybridized carbons (Fsp3) is 0.167. The highest BCUT2D eigenvalue weighted by atomic mass is 16.2. The molecule has 0 bridgehead atoms. The first-order valence-corrected chi connectivity index (χ1v) is 9.50. The van der Waals surface area contributed by atoms with E-state index < -0.39 is 0 Å². The summed E-state index contributed by atoms with van der Waals surface area (Å²) in [6.45, 7) is 1.07. The van der Waals surface area contributed by atoms with Crippen LogP contribution in [-0.2, 0) is 22.6 Å². The quantitative estimate of drug-likeness (QED) is 0.632. The van der Waals surface area contributed by atoms with Gasteiger partial charge in [-0.3, -0.25) is 9.59 Å². The van der Waals surface area contributed by atoms with Gasteiger partial charge in [0.2, 0.25) is 11.8 Å². The highest BCUT2D eigenvalue weighted by Crippen LogP contribution is 2.28. The van der Waals surface area contributed by atoms with Gasteiger partial charge in [-0.25, -0.2) is 0 Å². The average molecular weight is 370 g/mol. The lowest BCUT2D eigenvalue weighted by molar-refractivity contribution is -0.126. The lowest BCUT2D eigenvalue weighted by Crippen LogP contribution is -2.37. The second-order valence-electron chi connectivity index (χ2n) is 6.90. The van der Waals surface area contributed by atoms with Crippen LogP contribution in [0.3, 0.4) is 0 Å². The largest absolute Gasteiger partial charge is 0.311 e. The molecule has 140 valence electrons. The minimum atomic E-state index is -0.190. The molecule has 0 spiro atoms. The molecule has 0 aromatic heterocycles. The summed E-state index contributed by atoms with van der Waals surface area (Å²) in [5.74, 6) is -0.339. The van der Waals surface area contributed by atoms with Crippen LogP contribution in [0, 0.1) is 0 Å². The van der Waals surface area contributed by atoms with Crippen LogP contribution in [0.5, 0.6) is 0 Å². The molecule has 0 atom stereocenters. The Kier molecular flexibility index (Phi) is 5.20. The van der Waals surface area contributed by atoms with Crippen molar-refractivity contribution in [3.05, 3.63) is 96.1 Å². The maximum Gasteiger partial charge on any atom is 0.236 e. The third-order valence-corrected chi connectivity index (χ3v) is 5.04. The monoisotopic (exact) mass is 370 g/mol. The number of carbonyl (C=O) groups is 2. The summed E-state index contributed by atoms with van der Waals surface area (Å²) in [6.07, 6.45) is 0.693. The number of anilines is 2. The molecule has 0 aliphatic carbocycles. The van der Waals surface area contributed by atoms with E-state index in [1.807, 2.05) is 84.9 Å². The second kappa shape index (κ2) is 8.09. The van der Waals surface area contributed by atoms with Gasteiger partial charge in [0, 0.05) is 17.9 Å². The maximum atomic E-state index is 13.1. The van der Waals surface area contributed by atoms with Crippen molar-refractivity contribution in [2.24, 2.45) is 0 Å². The van der Waals surface area contributed by atoms with Gasteiger partial charge in [-0.05, 0) is 35.7 Å². The van der Waals surface area contributed by atoms with Crippen molar-refractivity contribution in [1.29, 1.82) is 0 Å². The van der Waals surface area contributed by atoms with E-state index in [2.05, 4.69) is 0 Å². The number of nitrogens with zero attached hydrogens (tertiary/aromatic N) is 2. The predicted octanol–water partition coefficient (Wildman–Crippen LogP) is 4.20. The Morgan fingerprint density at radius 3 is 2.21 bits per heavy atom. The van der Waals surface area contributed by atoms with E-state index in [9.17, 15) is 9.59 Å². The lowest BCUT2D eigenvalue weighted by atomic mass is 10.1. The molecule has 0 fully saturated rings. The molecule has 1 aliphatic heterocycles. The first-order chi connectivity index (χ1) is 13.7. The van der Waals surface area contributed by atoms with Crippen LogP contribution in [0.25, 0.3) is 0 Å². The molecule has 4 nitrogen and oxygen atoms in total. The van der Waals surface area contributed by atoms with Crippen molar-refractivity contribution in [2.75, 3.05) is 16.3 Å². The molecule has 3 aromatic rings. The van der Waals surface area contributed by atoms with Crippen LogP contribution in [0.2, 0.25) is 0 Å². The van der Waals surface area contributed by atoms with Crippen molar-refractivity contribution in [3.8, 4) is 0 Å². The van der Waals surface area contributed by atoms with Crippen LogP contribution in [0.1, 0.15) is 17.5 Å². The topological polar surface area (TPSA) is 40.6 Å². The number of rotatable bonds is 5. The van der Waals surface area contributed by atoms with E-state index in [-0.39, 0.29) is 18.2 Å². The molecule has 2 amide bonds. The van der Waals surface area contributed by atoms with Gasteiger partial charge in [-0.15, -0.1) is 0 Å². The zero-order valence-corrected chi connectivity index (χ0v) is 15.6. The molecular formula is C24H22N2O2. The SMILES string of the molecule is O=C(CC(=O)N1CCc2ccccc21)N(Cc1ccccc1)c1ccccc1. The minimum absolute atomic E-state index is 0.143. The third kappa shape index (κ3) is 3.81. The van der Waals surface area contributed by atoms with Gasteiger partial charge in [0.05, 0.1) is 6.54 Å². The number of amides is 2. The van der Waals surface area contributed by atoms with Gasteiger partial charge >= 0.3 is 0 Å². The zero-order chi connectivity index (χ0) is 19.3. The Labute approximate surface area is 165 Å². The standard InChI is InChI=1S/C24H22N2O2/c27-23(25-16-15-20-11-7-8-14-22(20)25)17-24(28)26(21-12-5-2-6-13-21)18-19-9-3-1-4-10-19/h1-14H,15-18H2. The molecule has 4 rings (SSSR count). The summed E-state index contributed by atoms with van der Waals surface area (Å²) < 4.78 is 0. The molecule has 4 heteroatoms. The van der Waals surface area contributed by atoms with E-state index in [0.717, 1.165) is 28.9 Å². The van der Waals surface area contributed by atoms with Crippen LogP contribution >= 0.6 is 0 Å². The van der Waals surface area contributed by atoms with Gasteiger partial charge in [0.25, 0.3) is 0 Å². The first kappa shape index (κ1) is 18.0. The van der Waals surface area contributed by atoms with E-state index in [1.165, 1.54) is 0 Å². The van der Waals surface area contributed by atoms with E-state index in [4.69, 9.17) is 0 Å². The Bertz CT molecular complexity index is 970. The predicted molar refractivity (Wildman–Crippen MR) is 111 cm³/mol.